The molecule has 0 saturated carbocycles. The molecule has 1 saturated heterocycles. The molecule has 1 atom stereocenters. The number of amides is 3. The van der Waals surface area contributed by atoms with Crippen molar-refractivity contribution in [3.63, 3.8) is 0 Å². The highest BCUT2D eigenvalue weighted by Crippen LogP contribution is 2.36. The maximum absolute atomic E-state index is 12.9. The Kier molecular flexibility index (Phi) is 8.85. The molecule has 5 aromatic heterocycles. The Bertz CT molecular complexity index is 2850. The molecule has 1 fully saturated rings. The summed E-state index contributed by atoms with van der Waals surface area (Å²) >= 11 is 0. The molecule has 2 N–H and O–H groups in total. The molecule has 274 valence electrons. The van der Waals surface area contributed by atoms with Crippen molar-refractivity contribution in [2.24, 2.45) is 21.1 Å². The van der Waals surface area contributed by atoms with Gasteiger partial charge in [0, 0.05) is 74.3 Å². The number of pyridine rings is 3. The number of carbonyl (C=O) groups excluding carboxylic acids is 3. The van der Waals surface area contributed by atoms with Crippen LogP contribution in [0.5, 0.6) is 0 Å². The summed E-state index contributed by atoms with van der Waals surface area (Å²) in [5, 5.41) is 8.02. The van der Waals surface area contributed by atoms with Crippen molar-refractivity contribution >= 4 is 50.6 Å². The molecule has 3 amide bonds. The first kappa shape index (κ1) is 35.2. The highest BCUT2D eigenvalue weighted by atomic mass is 16.2. The Morgan fingerprint density at radius 1 is 0.927 bits per heavy atom. The topological polar surface area (TPSA) is 146 Å². The third-order valence-corrected chi connectivity index (χ3v) is 10.4. The summed E-state index contributed by atoms with van der Waals surface area (Å²) in [5.41, 5.74) is 8.86. The quantitative estimate of drug-likeness (QED) is 0.171. The summed E-state index contributed by atoms with van der Waals surface area (Å²) in [6.07, 6.45) is 7.76. The Morgan fingerprint density at radius 2 is 1.76 bits per heavy atom. The summed E-state index contributed by atoms with van der Waals surface area (Å²) in [4.78, 5) is 63.7. The number of fused-ring (bicyclic) bond motifs is 3. The Hall–Kier alpha value is -6.87. The SMILES string of the molecule is CC(C)c1cc(-c2cccc3cc(-c4ccc(C(=O)NCC#Cc5cnc6c(c5)c(C5CCC(=O)NC5=O)cn6C)nc4)ncc23)cc2c1n(C)c(=O)n2C. The van der Waals surface area contributed by atoms with Gasteiger partial charge in [0.25, 0.3) is 5.91 Å². The lowest BCUT2D eigenvalue weighted by Gasteiger charge is -2.20. The maximum atomic E-state index is 12.9. The Balaban J connectivity index is 0.972. The van der Waals surface area contributed by atoms with Gasteiger partial charge in [0.05, 0.1) is 29.2 Å². The van der Waals surface area contributed by atoms with Gasteiger partial charge in [-0.3, -0.25) is 38.8 Å². The van der Waals surface area contributed by atoms with Crippen LogP contribution in [0.15, 0.2) is 84.2 Å². The predicted octanol–water partition coefficient (Wildman–Crippen LogP) is 5.47. The van der Waals surface area contributed by atoms with E-state index in [1.54, 1.807) is 27.6 Å². The van der Waals surface area contributed by atoms with Crippen LogP contribution in [-0.2, 0) is 30.7 Å². The third kappa shape index (κ3) is 6.33. The van der Waals surface area contributed by atoms with E-state index in [0.717, 1.165) is 60.7 Å². The predicted molar refractivity (Wildman–Crippen MR) is 211 cm³/mol. The minimum absolute atomic E-state index is 0.0523. The van der Waals surface area contributed by atoms with Gasteiger partial charge in [0.15, 0.2) is 0 Å². The van der Waals surface area contributed by atoms with E-state index >= 15 is 0 Å². The van der Waals surface area contributed by atoms with Gasteiger partial charge >= 0.3 is 5.69 Å². The van der Waals surface area contributed by atoms with Crippen LogP contribution >= 0.6 is 0 Å². The lowest BCUT2D eigenvalue weighted by Crippen LogP contribution is -2.39. The van der Waals surface area contributed by atoms with E-state index in [9.17, 15) is 19.2 Å². The van der Waals surface area contributed by atoms with Crippen molar-refractivity contribution in [3.8, 4) is 34.2 Å². The number of nitrogens with one attached hydrogen (secondary N) is 2. The zero-order valence-corrected chi connectivity index (χ0v) is 31.1. The molecule has 0 radical (unpaired) electrons. The second-order valence-corrected chi connectivity index (χ2v) is 14.3. The number of aromatic nitrogens is 6. The summed E-state index contributed by atoms with van der Waals surface area (Å²) in [6.45, 7) is 4.37. The molecule has 6 heterocycles. The van der Waals surface area contributed by atoms with Gasteiger partial charge in [-0.05, 0) is 76.4 Å². The molecule has 7 aromatic rings. The fourth-order valence-electron chi connectivity index (χ4n) is 7.53. The molecule has 55 heavy (non-hydrogen) atoms. The summed E-state index contributed by atoms with van der Waals surface area (Å²) in [7, 11) is 5.49. The van der Waals surface area contributed by atoms with Gasteiger partial charge < -0.3 is 9.88 Å². The van der Waals surface area contributed by atoms with Gasteiger partial charge in [-0.25, -0.2) is 9.78 Å². The van der Waals surface area contributed by atoms with Crippen molar-refractivity contribution in [1.82, 2.24) is 39.3 Å². The normalized spacial score (nSPS) is 14.4. The first-order valence-corrected chi connectivity index (χ1v) is 18.1. The van der Waals surface area contributed by atoms with E-state index in [-0.39, 0.29) is 48.0 Å². The van der Waals surface area contributed by atoms with Crippen LogP contribution in [0.2, 0.25) is 0 Å². The van der Waals surface area contributed by atoms with E-state index in [4.69, 9.17) is 4.98 Å². The van der Waals surface area contributed by atoms with Crippen molar-refractivity contribution in [3.05, 3.63) is 112 Å². The van der Waals surface area contributed by atoms with Gasteiger partial charge in [0.2, 0.25) is 11.8 Å². The van der Waals surface area contributed by atoms with Crippen molar-refractivity contribution in [2.45, 2.75) is 38.5 Å². The van der Waals surface area contributed by atoms with E-state index in [0.29, 0.717) is 17.6 Å². The Morgan fingerprint density at radius 3 is 2.53 bits per heavy atom. The van der Waals surface area contributed by atoms with Crippen LogP contribution in [0.1, 0.15) is 65.7 Å². The van der Waals surface area contributed by atoms with Gasteiger partial charge in [0.1, 0.15) is 11.3 Å². The minimum Gasteiger partial charge on any atom is -0.340 e. The molecular weight excluding hydrogens is 693 g/mol. The summed E-state index contributed by atoms with van der Waals surface area (Å²) in [5.74, 6) is 4.88. The average molecular weight is 731 g/mol. The van der Waals surface area contributed by atoms with E-state index in [2.05, 4.69) is 64.5 Å². The van der Waals surface area contributed by atoms with Crippen molar-refractivity contribution in [2.75, 3.05) is 6.54 Å². The van der Waals surface area contributed by atoms with E-state index < -0.39 is 5.92 Å². The number of hydrogen-bond acceptors (Lipinski definition) is 7. The minimum atomic E-state index is -0.437. The lowest BCUT2D eigenvalue weighted by atomic mass is 9.90. The standard InChI is InChI=1S/C43H38N8O4/c1-24(2)31-17-28(19-37-39(31)51(5)43(55)50(37)4)29-10-6-9-26-18-36(46-22-33(26)29)27-11-13-35(45-21-27)42(54)44-15-7-8-25-16-32-34(23-49(3)40(32)47-20-25)30-12-14-38(52)48-41(30)53/h6,9-11,13,16-24,30H,12,14-15H2,1-5H3,(H,44,54)(H,48,52,53). The number of hydrogen-bond donors (Lipinski definition) is 2. The van der Waals surface area contributed by atoms with Crippen molar-refractivity contribution in [1.29, 1.82) is 0 Å². The largest absolute Gasteiger partial charge is 0.340 e. The molecule has 12 heteroatoms. The molecule has 0 spiro atoms. The van der Waals surface area contributed by atoms with Gasteiger partial charge in [-0.15, -0.1) is 0 Å². The second-order valence-electron chi connectivity index (χ2n) is 14.3. The maximum Gasteiger partial charge on any atom is 0.328 e. The summed E-state index contributed by atoms with van der Waals surface area (Å²) < 4.78 is 5.28. The summed E-state index contributed by atoms with van der Waals surface area (Å²) in [6, 6.07) is 17.8. The van der Waals surface area contributed by atoms with Crippen molar-refractivity contribution < 1.29 is 14.4 Å². The monoisotopic (exact) mass is 730 g/mol. The molecule has 8 rings (SSSR count). The number of nitrogens with zero attached hydrogens (tertiary/aromatic N) is 6. The highest BCUT2D eigenvalue weighted by molar-refractivity contribution is 6.03. The molecule has 0 aliphatic carbocycles. The van der Waals surface area contributed by atoms with Crippen LogP contribution in [0.4, 0.5) is 0 Å². The number of benzene rings is 2. The molecule has 12 nitrogen and oxygen atoms in total. The average Bonchev–Trinajstić information content (AvgIpc) is 3.62. The number of carbonyl (C=O) groups is 3. The molecule has 1 aliphatic heterocycles. The second kappa shape index (κ2) is 13.8. The number of aryl methyl sites for hydroxylation is 3. The van der Waals surface area contributed by atoms with Gasteiger partial charge in [-0.1, -0.05) is 43.9 Å². The number of piperidine rings is 1. The van der Waals surface area contributed by atoms with E-state index in [1.807, 2.05) is 68.4 Å². The zero-order chi connectivity index (χ0) is 38.5. The van der Waals surface area contributed by atoms with Gasteiger partial charge in [-0.2, -0.15) is 0 Å². The number of rotatable bonds is 6. The van der Waals surface area contributed by atoms with Crippen LogP contribution in [0.25, 0.3) is 55.2 Å². The fraction of sp³-hybridized carbons (Fsp3) is 0.233. The smallest absolute Gasteiger partial charge is 0.328 e. The van der Waals surface area contributed by atoms with Crippen LogP contribution in [0, 0.1) is 11.8 Å². The Labute approximate surface area is 316 Å². The first-order valence-electron chi connectivity index (χ1n) is 18.1. The molecular formula is C43H38N8O4. The van der Waals surface area contributed by atoms with Crippen LogP contribution in [-0.4, -0.2) is 52.9 Å². The molecule has 1 unspecified atom stereocenters. The van der Waals surface area contributed by atoms with Crippen LogP contribution in [0.3, 0.4) is 0 Å². The molecule has 0 bridgehead atoms. The highest BCUT2D eigenvalue weighted by Gasteiger charge is 2.30. The molecule has 2 aromatic carbocycles. The molecule has 1 aliphatic rings. The lowest BCUT2D eigenvalue weighted by molar-refractivity contribution is -0.134. The number of imidazole rings is 1. The third-order valence-electron chi connectivity index (χ3n) is 10.4. The number of imide groups is 1. The van der Waals surface area contributed by atoms with Crippen LogP contribution < -0.4 is 16.3 Å². The van der Waals surface area contributed by atoms with E-state index in [1.165, 1.54) is 0 Å². The first-order chi connectivity index (χ1) is 26.5. The fourth-order valence-corrected chi connectivity index (χ4v) is 7.53. The zero-order valence-electron chi connectivity index (χ0n) is 31.1.